The van der Waals surface area contributed by atoms with Gasteiger partial charge in [-0.2, -0.15) is 0 Å². The average Bonchev–Trinajstić information content (AvgIpc) is 3.57. The quantitative estimate of drug-likeness (QED) is 0.226. The molecular weight excluding hydrogens is 612 g/mol. The molecule has 12 nitrogen and oxygen atoms in total. The number of amides is 4. The Hall–Kier alpha value is -3.93. The molecule has 2 heterocycles. The standard InChI is InChI=1S/C36H54N6O6/c1-25(2)15-16-30(43)29(19-26-11-7-5-8-12-26)39-34(46)36(3,21-28-22-37-24-38-28)40-33(45)31(20-27-13-9-6-10-14-27)48-35(47)42-18-17-41(4)32(44)23-42/h6,9-10,13-14,22,24-26,29-31,43H,5,7-8,11-12,15-21,23H2,1-4H3,(H,37,38)(H,39,46)(H,40,45)/t29-,30-,31-,36-/m0/s1. The Balaban J connectivity index is 1.56. The monoisotopic (exact) mass is 666 g/mol. The summed E-state index contributed by atoms with van der Waals surface area (Å²) in [4.78, 5) is 63.9. The van der Waals surface area contributed by atoms with Gasteiger partial charge < -0.3 is 30.4 Å². The van der Waals surface area contributed by atoms with E-state index >= 15 is 0 Å². The second-order valence-corrected chi connectivity index (χ2v) is 14.2. The Kier molecular flexibility index (Phi) is 13.4. The van der Waals surface area contributed by atoms with Gasteiger partial charge in [-0.25, -0.2) is 9.78 Å². The number of hydrogen-bond acceptors (Lipinski definition) is 7. The molecule has 48 heavy (non-hydrogen) atoms. The SMILES string of the molecule is CC(C)CC[C@H](O)[C@H](CC1CCCCC1)NC(=O)[C@](C)(Cc1cnc[nH]1)NC(=O)[C@H](Cc1ccccc1)OC(=O)N1CCN(C)C(=O)C1. The molecule has 0 radical (unpaired) electrons. The highest BCUT2D eigenvalue weighted by molar-refractivity contribution is 5.94. The van der Waals surface area contributed by atoms with Crippen LogP contribution in [-0.4, -0.2) is 99.2 Å². The van der Waals surface area contributed by atoms with E-state index in [1.807, 2.05) is 30.3 Å². The number of likely N-dealkylation sites (N-methyl/N-ethyl adjacent to an activating group) is 1. The molecule has 4 N–H and O–H groups in total. The van der Waals surface area contributed by atoms with E-state index in [1.165, 1.54) is 17.6 Å². The smallest absolute Gasteiger partial charge is 0.411 e. The van der Waals surface area contributed by atoms with Crippen LogP contribution in [0.3, 0.4) is 0 Å². The van der Waals surface area contributed by atoms with Gasteiger partial charge in [0.25, 0.3) is 5.91 Å². The number of nitrogens with zero attached hydrogens (tertiary/aromatic N) is 3. The van der Waals surface area contributed by atoms with Crippen molar-refractivity contribution in [2.24, 2.45) is 11.8 Å². The predicted octanol–water partition coefficient (Wildman–Crippen LogP) is 3.60. The van der Waals surface area contributed by atoms with Gasteiger partial charge in [0.2, 0.25) is 11.8 Å². The maximum absolute atomic E-state index is 14.3. The lowest BCUT2D eigenvalue weighted by Crippen LogP contribution is -2.63. The van der Waals surface area contributed by atoms with E-state index in [9.17, 15) is 24.3 Å². The molecule has 2 fully saturated rings. The van der Waals surface area contributed by atoms with Crippen LogP contribution in [0.4, 0.5) is 4.79 Å². The molecule has 1 aromatic carbocycles. The highest BCUT2D eigenvalue weighted by Crippen LogP contribution is 2.29. The highest BCUT2D eigenvalue weighted by Gasteiger charge is 2.41. The summed E-state index contributed by atoms with van der Waals surface area (Å²) in [6.45, 7) is 6.35. The topological polar surface area (TPSA) is 157 Å². The minimum Gasteiger partial charge on any atom is -0.436 e. The Morgan fingerprint density at radius 1 is 1.10 bits per heavy atom. The highest BCUT2D eigenvalue weighted by atomic mass is 16.6. The minimum atomic E-state index is -1.49. The molecule has 1 aromatic heterocycles. The molecule has 2 aliphatic rings. The molecule has 4 amide bonds. The van der Waals surface area contributed by atoms with Crippen LogP contribution in [0.1, 0.15) is 83.4 Å². The molecular formula is C36H54N6O6. The van der Waals surface area contributed by atoms with Crippen LogP contribution in [0, 0.1) is 11.8 Å². The third-order valence-electron chi connectivity index (χ3n) is 9.65. The first-order chi connectivity index (χ1) is 22.9. The van der Waals surface area contributed by atoms with E-state index < -0.39 is 41.7 Å². The zero-order valence-electron chi connectivity index (χ0n) is 29.0. The summed E-state index contributed by atoms with van der Waals surface area (Å²) in [6, 6.07) is 8.70. The number of piperazine rings is 1. The van der Waals surface area contributed by atoms with Gasteiger partial charge in [0.15, 0.2) is 6.10 Å². The van der Waals surface area contributed by atoms with Gasteiger partial charge in [-0.15, -0.1) is 0 Å². The molecule has 0 spiro atoms. The summed E-state index contributed by atoms with van der Waals surface area (Å²) in [5.41, 5.74) is -0.0951. The molecule has 2 aromatic rings. The zero-order valence-corrected chi connectivity index (χ0v) is 29.0. The number of aromatic amines is 1. The number of imidazole rings is 1. The molecule has 1 saturated heterocycles. The van der Waals surface area contributed by atoms with E-state index in [2.05, 4.69) is 34.4 Å². The van der Waals surface area contributed by atoms with Crippen molar-refractivity contribution in [2.45, 2.75) is 109 Å². The zero-order chi connectivity index (χ0) is 34.7. The number of rotatable bonds is 15. The molecule has 264 valence electrons. The maximum atomic E-state index is 14.3. The number of aromatic nitrogens is 2. The van der Waals surface area contributed by atoms with Gasteiger partial charge in [0, 0.05) is 44.9 Å². The van der Waals surface area contributed by atoms with Crippen LogP contribution in [0.2, 0.25) is 0 Å². The van der Waals surface area contributed by atoms with Gasteiger partial charge in [-0.1, -0.05) is 76.3 Å². The average molecular weight is 667 g/mol. The summed E-state index contributed by atoms with van der Waals surface area (Å²) in [5, 5.41) is 17.4. The van der Waals surface area contributed by atoms with Gasteiger partial charge in [0.1, 0.15) is 12.1 Å². The number of carbonyl (C=O) groups excluding carboxylic acids is 4. The number of ether oxygens (including phenoxy) is 1. The molecule has 12 heteroatoms. The summed E-state index contributed by atoms with van der Waals surface area (Å²) >= 11 is 0. The van der Waals surface area contributed by atoms with E-state index in [1.54, 1.807) is 25.1 Å². The molecule has 4 rings (SSSR count). The van der Waals surface area contributed by atoms with Crippen molar-refractivity contribution < 1.29 is 29.0 Å². The van der Waals surface area contributed by atoms with E-state index in [4.69, 9.17) is 4.74 Å². The largest absolute Gasteiger partial charge is 0.436 e. The number of aliphatic hydroxyl groups excluding tert-OH is 1. The first-order valence-electron chi connectivity index (χ1n) is 17.4. The second-order valence-electron chi connectivity index (χ2n) is 14.2. The molecule has 1 aliphatic heterocycles. The fourth-order valence-corrected chi connectivity index (χ4v) is 6.55. The number of carbonyl (C=O) groups is 4. The summed E-state index contributed by atoms with van der Waals surface area (Å²) in [7, 11) is 1.67. The molecule has 0 bridgehead atoms. The van der Waals surface area contributed by atoms with Gasteiger partial charge in [-0.05, 0) is 43.6 Å². The van der Waals surface area contributed by atoms with Crippen molar-refractivity contribution >= 4 is 23.8 Å². The van der Waals surface area contributed by atoms with E-state index in [-0.39, 0.29) is 31.8 Å². The van der Waals surface area contributed by atoms with Crippen molar-refractivity contribution in [1.82, 2.24) is 30.4 Å². The van der Waals surface area contributed by atoms with Crippen LogP contribution in [0.15, 0.2) is 42.9 Å². The third kappa shape index (κ3) is 10.8. The van der Waals surface area contributed by atoms with Crippen LogP contribution in [0.5, 0.6) is 0 Å². The predicted molar refractivity (Wildman–Crippen MR) is 182 cm³/mol. The molecule has 1 saturated carbocycles. The number of aliphatic hydroxyl groups is 1. The normalized spacial score (nSPS) is 18.9. The van der Waals surface area contributed by atoms with Crippen LogP contribution in [-0.2, 0) is 32.0 Å². The Labute approximate surface area is 284 Å². The van der Waals surface area contributed by atoms with Crippen LogP contribution in [0.25, 0.3) is 0 Å². The minimum absolute atomic E-state index is 0.0695. The lowest BCUT2D eigenvalue weighted by Gasteiger charge is -2.36. The van der Waals surface area contributed by atoms with Crippen molar-refractivity contribution in [2.75, 3.05) is 26.7 Å². The summed E-state index contributed by atoms with van der Waals surface area (Å²) < 4.78 is 5.79. The summed E-state index contributed by atoms with van der Waals surface area (Å²) in [5.74, 6) is -0.492. The number of benzene rings is 1. The third-order valence-corrected chi connectivity index (χ3v) is 9.65. The lowest BCUT2D eigenvalue weighted by molar-refractivity contribution is -0.139. The second kappa shape index (κ2) is 17.5. The fraction of sp³-hybridized carbons (Fsp3) is 0.639. The van der Waals surface area contributed by atoms with Gasteiger partial charge in [-0.3, -0.25) is 19.3 Å². The van der Waals surface area contributed by atoms with Gasteiger partial charge in [0.05, 0.1) is 18.5 Å². The molecule has 1 aliphatic carbocycles. The number of H-pyrrole nitrogens is 1. The number of nitrogens with one attached hydrogen (secondary N) is 3. The maximum Gasteiger partial charge on any atom is 0.411 e. The fourth-order valence-electron chi connectivity index (χ4n) is 6.55. The molecule has 0 unspecified atom stereocenters. The Morgan fingerprint density at radius 3 is 2.48 bits per heavy atom. The van der Waals surface area contributed by atoms with Crippen LogP contribution < -0.4 is 10.6 Å². The van der Waals surface area contributed by atoms with Crippen molar-refractivity contribution in [1.29, 1.82) is 0 Å². The number of hydrogen-bond donors (Lipinski definition) is 4. The first kappa shape index (κ1) is 36.9. The summed E-state index contributed by atoms with van der Waals surface area (Å²) in [6.07, 6.45) is 8.15. The van der Waals surface area contributed by atoms with Crippen molar-refractivity contribution in [3.05, 3.63) is 54.1 Å². The van der Waals surface area contributed by atoms with Crippen molar-refractivity contribution in [3.8, 4) is 0 Å². The Bertz CT molecular complexity index is 1330. The van der Waals surface area contributed by atoms with Crippen LogP contribution >= 0.6 is 0 Å². The Morgan fingerprint density at radius 2 is 1.83 bits per heavy atom. The first-order valence-corrected chi connectivity index (χ1v) is 17.4. The van der Waals surface area contributed by atoms with Crippen molar-refractivity contribution in [3.63, 3.8) is 0 Å². The lowest BCUT2D eigenvalue weighted by atomic mass is 9.82. The molecule has 4 atom stereocenters. The van der Waals surface area contributed by atoms with E-state index in [0.717, 1.165) is 37.7 Å². The van der Waals surface area contributed by atoms with Gasteiger partial charge >= 0.3 is 6.09 Å². The van der Waals surface area contributed by atoms with E-state index in [0.29, 0.717) is 36.9 Å².